The van der Waals surface area contributed by atoms with E-state index in [0.29, 0.717) is 24.4 Å². The first-order valence-electron chi connectivity index (χ1n) is 7.28. The molecule has 0 aliphatic carbocycles. The lowest BCUT2D eigenvalue weighted by Crippen LogP contribution is -2.29. The summed E-state index contributed by atoms with van der Waals surface area (Å²) in [5.74, 6) is 0. The van der Waals surface area contributed by atoms with Crippen molar-refractivity contribution in [3.8, 4) is 0 Å². The number of aromatic nitrogens is 3. The van der Waals surface area contributed by atoms with Crippen LogP contribution in [0.4, 0.5) is 0 Å². The molecular formula is C14H22N4O2S2. The van der Waals surface area contributed by atoms with Crippen LogP contribution in [0.5, 0.6) is 0 Å². The van der Waals surface area contributed by atoms with Crippen molar-refractivity contribution in [3.63, 3.8) is 0 Å². The van der Waals surface area contributed by atoms with Crippen molar-refractivity contribution < 1.29 is 8.42 Å². The Balaban J connectivity index is 2.36. The molecule has 0 aliphatic heterocycles. The van der Waals surface area contributed by atoms with Gasteiger partial charge in [-0.05, 0) is 34.1 Å². The Morgan fingerprint density at radius 2 is 2.00 bits per heavy atom. The average Bonchev–Trinajstić information content (AvgIpc) is 2.99. The first-order chi connectivity index (χ1) is 10.3. The normalized spacial score (nSPS) is 13.5. The first-order valence-corrected chi connectivity index (χ1v) is 9.58. The number of nitrogens with zero attached hydrogens (tertiary/aromatic N) is 3. The highest BCUT2D eigenvalue weighted by Gasteiger charge is 2.28. The van der Waals surface area contributed by atoms with Gasteiger partial charge in [-0.25, -0.2) is 18.1 Å². The summed E-state index contributed by atoms with van der Waals surface area (Å²) in [5, 5.41) is 5.08. The Kier molecular flexibility index (Phi) is 5.03. The van der Waals surface area contributed by atoms with Gasteiger partial charge in [-0.2, -0.15) is 5.10 Å². The maximum absolute atomic E-state index is 12.8. The van der Waals surface area contributed by atoms with E-state index in [1.807, 2.05) is 20.8 Å². The number of thiazole rings is 1. The lowest BCUT2D eigenvalue weighted by Gasteiger charge is -2.15. The highest BCUT2D eigenvalue weighted by atomic mass is 32.2. The molecule has 0 bridgehead atoms. The molecular weight excluding hydrogens is 320 g/mol. The van der Waals surface area contributed by atoms with E-state index in [0.717, 1.165) is 9.88 Å². The molecule has 0 aliphatic rings. The van der Waals surface area contributed by atoms with Gasteiger partial charge >= 0.3 is 0 Å². The topological polar surface area (TPSA) is 76.9 Å². The molecule has 0 spiro atoms. The van der Waals surface area contributed by atoms with Crippen molar-refractivity contribution in [3.05, 3.63) is 27.5 Å². The summed E-state index contributed by atoms with van der Waals surface area (Å²) < 4.78 is 30.0. The summed E-state index contributed by atoms with van der Waals surface area (Å²) in [6, 6.07) is -0.313. The van der Waals surface area contributed by atoms with Gasteiger partial charge in [-0.15, -0.1) is 11.3 Å². The number of rotatable bonds is 6. The van der Waals surface area contributed by atoms with Crippen LogP contribution in [0.15, 0.2) is 11.1 Å². The molecule has 0 fully saturated rings. The van der Waals surface area contributed by atoms with E-state index in [2.05, 4.69) is 14.8 Å². The molecule has 2 rings (SSSR count). The molecule has 0 radical (unpaired) electrons. The smallest absolute Gasteiger partial charge is 0.244 e. The Bertz CT molecular complexity index is 762. The van der Waals surface area contributed by atoms with Crippen molar-refractivity contribution in [1.82, 2.24) is 19.5 Å². The lowest BCUT2D eigenvalue weighted by atomic mass is 10.3. The zero-order valence-electron chi connectivity index (χ0n) is 13.5. The van der Waals surface area contributed by atoms with Gasteiger partial charge in [0.05, 0.1) is 17.4 Å². The zero-order chi connectivity index (χ0) is 16.5. The lowest BCUT2D eigenvalue weighted by molar-refractivity contribution is 0.547. The molecule has 1 N–H and O–H groups in total. The molecule has 2 heterocycles. The minimum absolute atomic E-state index is 0.279. The van der Waals surface area contributed by atoms with Crippen LogP contribution in [0.2, 0.25) is 0 Å². The van der Waals surface area contributed by atoms with Crippen LogP contribution in [0.3, 0.4) is 0 Å². The van der Waals surface area contributed by atoms with Gasteiger partial charge < -0.3 is 0 Å². The van der Waals surface area contributed by atoms with Crippen LogP contribution in [0.1, 0.15) is 47.6 Å². The summed E-state index contributed by atoms with van der Waals surface area (Å²) in [7, 11) is -3.63. The predicted octanol–water partition coefficient (Wildman–Crippen LogP) is 2.71. The number of hydrogen-bond acceptors (Lipinski definition) is 5. The number of hydrogen-bond donors (Lipinski definition) is 1. The van der Waals surface area contributed by atoms with E-state index in [-0.39, 0.29) is 10.9 Å². The van der Waals surface area contributed by atoms with Gasteiger partial charge in [0.1, 0.15) is 9.90 Å². The summed E-state index contributed by atoms with van der Waals surface area (Å²) in [6.07, 6.45) is 2.41. The second kappa shape index (κ2) is 6.47. The fraction of sp³-hybridized carbons (Fsp3) is 0.571. The first kappa shape index (κ1) is 17.1. The standard InChI is InChI=1S/C14H22N4O2S2/c1-6-12(14-15-8-9(3)21-14)17-22(19,20)13-10(4)16-18(7-2)11(13)5/h8,12,17H,6-7H2,1-5H3. The largest absolute Gasteiger partial charge is 0.268 e. The maximum Gasteiger partial charge on any atom is 0.244 e. The van der Waals surface area contributed by atoms with Crippen LogP contribution < -0.4 is 4.72 Å². The van der Waals surface area contributed by atoms with Crippen LogP contribution >= 0.6 is 11.3 Å². The average molecular weight is 342 g/mol. The molecule has 8 heteroatoms. The second-order valence-electron chi connectivity index (χ2n) is 5.21. The van der Waals surface area contributed by atoms with Crippen molar-refractivity contribution in [1.29, 1.82) is 0 Å². The van der Waals surface area contributed by atoms with Gasteiger partial charge in [0.15, 0.2) is 0 Å². The quantitative estimate of drug-likeness (QED) is 0.875. The van der Waals surface area contributed by atoms with Gasteiger partial charge in [0.2, 0.25) is 10.0 Å². The number of sulfonamides is 1. The van der Waals surface area contributed by atoms with E-state index in [4.69, 9.17) is 0 Å². The molecule has 1 unspecified atom stereocenters. The third kappa shape index (κ3) is 3.23. The molecule has 2 aromatic heterocycles. The highest BCUT2D eigenvalue weighted by molar-refractivity contribution is 7.89. The minimum atomic E-state index is -3.63. The Labute approximate surface area is 135 Å². The molecule has 0 amide bonds. The Hall–Kier alpha value is -1.25. The fourth-order valence-corrected chi connectivity index (χ4v) is 5.14. The maximum atomic E-state index is 12.8. The Morgan fingerprint density at radius 1 is 1.32 bits per heavy atom. The minimum Gasteiger partial charge on any atom is -0.268 e. The molecule has 22 heavy (non-hydrogen) atoms. The van der Waals surface area contributed by atoms with Crippen LogP contribution in [-0.2, 0) is 16.6 Å². The SMILES string of the molecule is CCC(NS(=O)(=O)c1c(C)nn(CC)c1C)c1ncc(C)s1. The van der Waals surface area contributed by atoms with Crippen molar-refractivity contribution in [2.75, 3.05) is 0 Å². The van der Waals surface area contributed by atoms with E-state index in [1.54, 1.807) is 24.7 Å². The van der Waals surface area contributed by atoms with Gasteiger partial charge in [0.25, 0.3) is 0 Å². The van der Waals surface area contributed by atoms with Gasteiger partial charge in [-0.1, -0.05) is 6.92 Å². The molecule has 2 aromatic rings. The molecule has 1 atom stereocenters. The van der Waals surface area contributed by atoms with Gasteiger partial charge in [-0.3, -0.25) is 4.68 Å². The molecule has 6 nitrogen and oxygen atoms in total. The van der Waals surface area contributed by atoms with Crippen molar-refractivity contribution >= 4 is 21.4 Å². The summed E-state index contributed by atoms with van der Waals surface area (Å²) in [4.78, 5) is 5.65. The zero-order valence-corrected chi connectivity index (χ0v) is 15.2. The van der Waals surface area contributed by atoms with E-state index in [9.17, 15) is 8.42 Å². The van der Waals surface area contributed by atoms with Crippen LogP contribution in [0, 0.1) is 20.8 Å². The van der Waals surface area contributed by atoms with Crippen molar-refractivity contribution in [2.45, 2.75) is 58.5 Å². The highest BCUT2D eigenvalue weighted by Crippen LogP contribution is 2.26. The van der Waals surface area contributed by atoms with Gasteiger partial charge in [0, 0.05) is 17.6 Å². The predicted molar refractivity (Wildman–Crippen MR) is 87.6 cm³/mol. The van der Waals surface area contributed by atoms with Crippen molar-refractivity contribution in [2.24, 2.45) is 0 Å². The summed E-state index contributed by atoms with van der Waals surface area (Å²) in [6.45, 7) is 10.00. The monoisotopic (exact) mass is 342 g/mol. The third-order valence-electron chi connectivity index (χ3n) is 3.53. The number of nitrogens with one attached hydrogen (secondary N) is 1. The molecule has 0 saturated carbocycles. The summed E-state index contributed by atoms with van der Waals surface area (Å²) >= 11 is 1.52. The summed E-state index contributed by atoms with van der Waals surface area (Å²) in [5.41, 5.74) is 1.19. The van der Waals surface area contributed by atoms with Crippen LogP contribution in [-0.4, -0.2) is 23.2 Å². The Morgan fingerprint density at radius 3 is 2.45 bits per heavy atom. The second-order valence-corrected chi connectivity index (χ2v) is 8.12. The molecule has 0 saturated heterocycles. The molecule has 122 valence electrons. The third-order valence-corrected chi connectivity index (χ3v) is 6.28. The fourth-order valence-electron chi connectivity index (χ4n) is 2.47. The molecule has 0 aromatic carbocycles. The van der Waals surface area contributed by atoms with E-state index >= 15 is 0 Å². The van der Waals surface area contributed by atoms with Crippen LogP contribution in [0.25, 0.3) is 0 Å². The van der Waals surface area contributed by atoms with E-state index < -0.39 is 10.0 Å². The number of aryl methyl sites for hydroxylation is 3. The van der Waals surface area contributed by atoms with E-state index in [1.165, 1.54) is 11.3 Å².